The molecule has 0 bridgehead atoms. The predicted octanol–water partition coefficient (Wildman–Crippen LogP) is 8.01. The molecule has 0 unspecified atom stereocenters. The summed E-state index contributed by atoms with van der Waals surface area (Å²) in [6, 6.07) is 41.7. The molecule has 7 rings (SSSR count). The molecule has 2 aliphatic heterocycles. The SMILES string of the molecule is c1ccc([C@H]2OC3(CCC4(CC3)O[C@H](c3ccccc3)[C@@H](c3ccccc3)O4)O[C@@H]2c2ccccc2)cc1. The Morgan fingerprint density at radius 3 is 0.763 bits per heavy atom. The molecule has 3 aliphatic rings. The molecule has 2 spiro atoms. The average Bonchev–Trinajstić information content (AvgIpc) is 3.57. The molecule has 3 fully saturated rings. The van der Waals surface area contributed by atoms with Crippen molar-refractivity contribution in [3.63, 3.8) is 0 Å². The molecule has 4 nitrogen and oxygen atoms in total. The molecular formula is C34H32O4. The molecule has 4 aromatic rings. The summed E-state index contributed by atoms with van der Waals surface area (Å²) in [5, 5.41) is 0. The fourth-order valence-electron chi connectivity index (χ4n) is 6.25. The molecule has 2 heterocycles. The number of hydrogen-bond donors (Lipinski definition) is 0. The Hall–Kier alpha value is -3.28. The lowest BCUT2D eigenvalue weighted by molar-refractivity contribution is -0.266. The van der Waals surface area contributed by atoms with Crippen molar-refractivity contribution in [1.29, 1.82) is 0 Å². The average molecular weight is 505 g/mol. The van der Waals surface area contributed by atoms with Gasteiger partial charge in [-0.3, -0.25) is 0 Å². The third-order valence-electron chi connectivity index (χ3n) is 8.20. The molecule has 4 heteroatoms. The standard InChI is InChI=1S/C34H32O4/c1-5-13-25(14-6-1)29-30(26-15-7-2-8-16-26)36-33(35-29)21-23-34(24-22-33)37-31(27-17-9-3-10-18-27)32(38-34)28-19-11-4-12-20-28/h1-20,29-32H,21-24H2/t29-,30-,31-,32-/m1/s1. The lowest BCUT2D eigenvalue weighted by atomic mass is 9.89. The number of hydrogen-bond acceptors (Lipinski definition) is 4. The summed E-state index contributed by atoms with van der Waals surface area (Å²) in [5.74, 6) is -1.32. The highest BCUT2D eigenvalue weighted by molar-refractivity contribution is 5.29. The van der Waals surface area contributed by atoms with E-state index in [1.54, 1.807) is 0 Å². The van der Waals surface area contributed by atoms with Gasteiger partial charge in [-0.05, 0) is 22.3 Å². The van der Waals surface area contributed by atoms with Crippen LogP contribution in [0.4, 0.5) is 0 Å². The van der Waals surface area contributed by atoms with E-state index in [4.69, 9.17) is 18.9 Å². The Kier molecular flexibility index (Phi) is 6.13. The first kappa shape index (κ1) is 23.8. The molecule has 38 heavy (non-hydrogen) atoms. The van der Waals surface area contributed by atoms with Gasteiger partial charge in [0.1, 0.15) is 24.4 Å². The molecule has 1 aliphatic carbocycles. The summed E-state index contributed by atoms with van der Waals surface area (Å²) in [6.45, 7) is 0. The largest absolute Gasteiger partial charge is 0.339 e. The van der Waals surface area contributed by atoms with Crippen molar-refractivity contribution in [2.45, 2.75) is 61.7 Å². The molecule has 0 radical (unpaired) electrons. The van der Waals surface area contributed by atoms with Gasteiger partial charge < -0.3 is 18.9 Å². The van der Waals surface area contributed by atoms with Gasteiger partial charge in [0.25, 0.3) is 0 Å². The zero-order valence-corrected chi connectivity index (χ0v) is 21.3. The molecule has 0 amide bonds. The summed E-state index contributed by atoms with van der Waals surface area (Å²) in [4.78, 5) is 0. The minimum atomic E-state index is -0.661. The first-order valence-electron chi connectivity index (χ1n) is 13.6. The summed E-state index contributed by atoms with van der Waals surface area (Å²) >= 11 is 0. The van der Waals surface area contributed by atoms with E-state index < -0.39 is 11.6 Å². The summed E-state index contributed by atoms with van der Waals surface area (Å²) in [6.07, 6.45) is 2.20. The van der Waals surface area contributed by atoms with E-state index in [2.05, 4.69) is 97.1 Å². The lowest BCUT2D eigenvalue weighted by Crippen LogP contribution is -2.44. The maximum atomic E-state index is 6.84. The number of benzene rings is 4. The van der Waals surface area contributed by atoms with Gasteiger partial charge in [0.15, 0.2) is 11.6 Å². The van der Waals surface area contributed by atoms with Crippen molar-refractivity contribution in [3.8, 4) is 0 Å². The van der Waals surface area contributed by atoms with Gasteiger partial charge in [0.2, 0.25) is 0 Å². The van der Waals surface area contributed by atoms with E-state index in [-0.39, 0.29) is 24.4 Å². The first-order valence-corrected chi connectivity index (χ1v) is 13.6. The first-order chi connectivity index (χ1) is 18.7. The van der Waals surface area contributed by atoms with Crippen LogP contribution in [0.3, 0.4) is 0 Å². The number of ether oxygens (including phenoxy) is 4. The third kappa shape index (κ3) is 4.38. The fourth-order valence-corrected chi connectivity index (χ4v) is 6.25. The van der Waals surface area contributed by atoms with Crippen molar-refractivity contribution in [2.24, 2.45) is 0 Å². The van der Waals surface area contributed by atoms with Gasteiger partial charge in [-0.1, -0.05) is 121 Å². The van der Waals surface area contributed by atoms with Crippen molar-refractivity contribution in [2.75, 3.05) is 0 Å². The van der Waals surface area contributed by atoms with Crippen LogP contribution >= 0.6 is 0 Å². The van der Waals surface area contributed by atoms with Gasteiger partial charge in [0.05, 0.1) is 0 Å². The van der Waals surface area contributed by atoms with E-state index in [1.807, 2.05) is 24.3 Å². The second kappa shape index (κ2) is 9.79. The smallest absolute Gasteiger partial charge is 0.170 e. The zero-order valence-electron chi connectivity index (χ0n) is 21.3. The minimum Gasteiger partial charge on any atom is -0.339 e. The van der Waals surface area contributed by atoms with E-state index in [0.29, 0.717) is 25.7 Å². The van der Waals surface area contributed by atoms with Crippen molar-refractivity contribution >= 4 is 0 Å². The normalized spacial score (nSPS) is 27.6. The van der Waals surface area contributed by atoms with Crippen LogP contribution in [0.5, 0.6) is 0 Å². The van der Waals surface area contributed by atoms with Crippen LogP contribution in [0.25, 0.3) is 0 Å². The summed E-state index contributed by atoms with van der Waals surface area (Å²) in [5.41, 5.74) is 4.56. The van der Waals surface area contributed by atoms with E-state index in [9.17, 15) is 0 Å². The van der Waals surface area contributed by atoms with E-state index in [1.165, 1.54) is 0 Å². The Morgan fingerprint density at radius 2 is 0.553 bits per heavy atom. The topological polar surface area (TPSA) is 36.9 Å². The second-order valence-corrected chi connectivity index (χ2v) is 10.6. The van der Waals surface area contributed by atoms with Crippen molar-refractivity contribution in [3.05, 3.63) is 144 Å². The van der Waals surface area contributed by atoms with Crippen molar-refractivity contribution < 1.29 is 18.9 Å². The lowest BCUT2D eigenvalue weighted by Gasteiger charge is -2.40. The third-order valence-corrected chi connectivity index (χ3v) is 8.20. The Morgan fingerprint density at radius 1 is 0.342 bits per heavy atom. The Bertz CT molecular complexity index is 1130. The number of rotatable bonds is 4. The fraction of sp³-hybridized carbons (Fsp3) is 0.294. The van der Waals surface area contributed by atoms with Crippen LogP contribution in [0.1, 0.15) is 72.4 Å². The van der Waals surface area contributed by atoms with E-state index in [0.717, 1.165) is 22.3 Å². The van der Waals surface area contributed by atoms with Crippen molar-refractivity contribution in [1.82, 2.24) is 0 Å². The highest BCUT2D eigenvalue weighted by Gasteiger charge is 2.57. The van der Waals surface area contributed by atoms with Gasteiger partial charge in [-0.25, -0.2) is 0 Å². The quantitative estimate of drug-likeness (QED) is 0.282. The molecule has 4 atom stereocenters. The Balaban J connectivity index is 1.15. The van der Waals surface area contributed by atoms with Gasteiger partial charge in [0, 0.05) is 25.7 Å². The highest BCUT2D eigenvalue weighted by Crippen LogP contribution is 2.58. The predicted molar refractivity (Wildman–Crippen MR) is 145 cm³/mol. The minimum absolute atomic E-state index is 0.160. The van der Waals surface area contributed by atoms with Crippen LogP contribution in [-0.2, 0) is 18.9 Å². The summed E-state index contributed by atoms with van der Waals surface area (Å²) in [7, 11) is 0. The summed E-state index contributed by atoms with van der Waals surface area (Å²) < 4.78 is 27.3. The van der Waals surface area contributed by atoms with Crippen LogP contribution in [0, 0.1) is 0 Å². The molecule has 0 N–H and O–H groups in total. The monoisotopic (exact) mass is 504 g/mol. The van der Waals surface area contributed by atoms with Crippen LogP contribution < -0.4 is 0 Å². The van der Waals surface area contributed by atoms with Gasteiger partial charge in [-0.2, -0.15) is 0 Å². The maximum absolute atomic E-state index is 6.84. The zero-order chi connectivity index (χ0) is 25.4. The van der Waals surface area contributed by atoms with Crippen LogP contribution in [0.15, 0.2) is 121 Å². The molecule has 1 saturated carbocycles. The molecule has 192 valence electrons. The maximum Gasteiger partial charge on any atom is 0.170 e. The van der Waals surface area contributed by atoms with E-state index >= 15 is 0 Å². The molecule has 0 aromatic heterocycles. The Labute approximate surface area is 224 Å². The van der Waals surface area contributed by atoms with Gasteiger partial charge in [-0.15, -0.1) is 0 Å². The van der Waals surface area contributed by atoms with Crippen LogP contribution in [-0.4, -0.2) is 11.6 Å². The second-order valence-electron chi connectivity index (χ2n) is 10.6. The van der Waals surface area contributed by atoms with Crippen LogP contribution in [0.2, 0.25) is 0 Å². The molecular weight excluding hydrogens is 472 g/mol. The molecule has 2 saturated heterocycles. The highest BCUT2D eigenvalue weighted by atomic mass is 16.8. The van der Waals surface area contributed by atoms with Gasteiger partial charge >= 0.3 is 0 Å². The molecule has 4 aromatic carbocycles.